The van der Waals surface area contributed by atoms with Crippen LogP contribution in [0.1, 0.15) is 40.0 Å². The molecule has 0 aliphatic heterocycles. The summed E-state index contributed by atoms with van der Waals surface area (Å²) in [5.74, 6) is 2.36. The van der Waals surface area contributed by atoms with Crippen molar-refractivity contribution in [2.24, 2.45) is 5.92 Å². The zero-order valence-electron chi connectivity index (χ0n) is 15.6. The highest BCUT2D eigenvalue weighted by molar-refractivity contribution is 5.71. The van der Waals surface area contributed by atoms with Crippen LogP contribution in [0.25, 0.3) is 17.0 Å². The van der Waals surface area contributed by atoms with E-state index >= 15 is 0 Å². The van der Waals surface area contributed by atoms with E-state index in [-0.39, 0.29) is 0 Å². The SMILES string of the molecule is C\C=C(/C=C\C(=C/C)c1nc(-c2ccccc2OC)no1)CC(C)C. The molecule has 4 nitrogen and oxygen atoms in total. The van der Waals surface area contributed by atoms with Crippen LogP contribution in [0.15, 0.2) is 58.7 Å². The first-order chi connectivity index (χ1) is 12.1. The van der Waals surface area contributed by atoms with Crippen molar-refractivity contribution < 1.29 is 9.26 Å². The maximum Gasteiger partial charge on any atom is 0.257 e. The lowest BCUT2D eigenvalue weighted by molar-refractivity contribution is 0.405. The van der Waals surface area contributed by atoms with Crippen molar-refractivity contribution in [1.82, 2.24) is 10.1 Å². The summed E-state index contributed by atoms with van der Waals surface area (Å²) in [5, 5.41) is 4.10. The number of hydrogen-bond donors (Lipinski definition) is 0. The third kappa shape index (κ3) is 4.92. The van der Waals surface area contributed by atoms with E-state index in [1.54, 1.807) is 7.11 Å². The minimum atomic E-state index is 0.500. The fourth-order valence-electron chi connectivity index (χ4n) is 2.52. The van der Waals surface area contributed by atoms with Crippen LogP contribution in [-0.2, 0) is 0 Å². The van der Waals surface area contributed by atoms with Gasteiger partial charge in [0.05, 0.1) is 12.7 Å². The van der Waals surface area contributed by atoms with Gasteiger partial charge < -0.3 is 9.26 Å². The van der Waals surface area contributed by atoms with Crippen LogP contribution in [0.2, 0.25) is 0 Å². The molecule has 0 atom stereocenters. The molecule has 0 radical (unpaired) electrons. The molecule has 0 unspecified atom stereocenters. The van der Waals surface area contributed by atoms with E-state index in [1.165, 1.54) is 5.57 Å². The minimum Gasteiger partial charge on any atom is -0.496 e. The van der Waals surface area contributed by atoms with Gasteiger partial charge in [-0.15, -0.1) is 0 Å². The summed E-state index contributed by atoms with van der Waals surface area (Å²) in [4.78, 5) is 4.53. The summed E-state index contributed by atoms with van der Waals surface area (Å²) in [6.07, 6.45) is 9.29. The Balaban J connectivity index is 2.25. The number of aromatic nitrogens is 2. The average Bonchev–Trinajstić information content (AvgIpc) is 3.10. The molecule has 0 spiro atoms. The molecule has 0 fully saturated rings. The Morgan fingerprint density at radius 3 is 2.56 bits per heavy atom. The van der Waals surface area contributed by atoms with Gasteiger partial charge in [-0.2, -0.15) is 4.98 Å². The number of methoxy groups -OCH3 is 1. The second kappa shape index (κ2) is 9.02. The van der Waals surface area contributed by atoms with Gasteiger partial charge in [0.1, 0.15) is 5.75 Å². The number of allylic oxidation sites excluding steroid dienone is 6. The van der Waals surface area contributed by atoms with Crippen molar-refractivity contribution in [1.29, 1.82) is 0 Å². The topological polar surface area (TPSA) is 48.2 Å². The fourth-order valence-corrected chi connectivity index (χ4v) is 2.52. The molecule has 0 aliphatic carbocycles. The maximum atomic E-state index is 5.46. The van der Waals surface area contributed by atoms with Crippen LogP contribution in [0.3, 0.4) is 0 Å². The van der Waals surface area contributed by atoms with Crippen molar-refractivity contribution in [2.45, 2.75) is 34.1 Å². The van der Waals surface area contributed by atoms with E-state index in [1.807, 2.05) is 43.3 Å². The maximum absolute atomic E-state index is 5.46. The van der Waals surface area contributed by atoms with E-state index < -0.39 is 0 Å². The molecular formula is C21H26N2O2. The van der Waals surface area contributed by atoms with Crippen LogP contribution in [0.5, 0.6) is 5.75 Å². The van der Waals surface area contributed by atoms with E-state index in [0.29, 0.717) is 17.6 Å². The predicted octanol–water partition coefficient (Wildman–Crippen LogP) is 5.70. The molecule has 1 heterocycles. The van der Waals surface area contributed by atoms with Gasteiger partial charge in [0.2, 0.25) is 5.82 Å². The first-order valence-corrected chi connectivity index (χ1v) is 8.56. The van der Waals surface area contributed by atoms with Crippen molar-refractivity contribution >= 4 is 5.57 Å². The second-order valence-electron chi connectivity index (χ2n) is 6.16. The van der Waals surface area contributed by atoms with E-state index in [4.69, 9.17) is 9.26 Å². The molecule has 2 aromatic rings. The number of hydrogen-bond acceptors (Lipinski definition) is 4. The molecule has 0 amide bonds. The Hall–Kier alpha value is -2.62. The van der Waals surface area contributed by atoms with E-state index in [2.05, 4.69) is 43.1 Å². The summed E-state index contributed by atoms with van der Waals surface area (Å²) in [6.45, 7) is 8.45. The van der Waals surface area contributed by atoms with Gasteiger partial charge in [-0.05, 0) is 44.4 Å². The molecule has 25 heavy (non-hydrogen) atoms. The summed E-state index contributed by atoms with van der Waals surface area (Å²) < 4.78 is 10.8. The highest BCUT2D eigenvalue weighted by Gasteiger charge is 2.14. The predicted molar refractivity (Wildman–Crippen MR) is 102 cm³/mol. The molecule has 0 aliphatic rings. The van der Waals surface area contributed by atoms with Crippen molar-refractivity contribution in [3.8, 4) is 17.1 Å². The Kier molecular flexibility index (Phi) is 6.75. The van der Waals surface area contributed by atoms with Gasteiger partial charge in [0.15, 0.2) is 0 Å². The van der Waals surface area contributed by atoms with Gasteiger partial charge in [-0.3, -0.25) is 0 Å². The zero-order chi connectivity index (χ0) is 18.2. The van der Waals surface area contributed by atoms with Gasteiger partial charge >= 0.3 is 0 Å². The lowest BCUT2D eigenvalue weighted by atomic mass is 10.0. The van der Waals surface area contributed by atoms with Crippen LogP contribution >= 0.6 is 0 Å². The molecule has 1 aromatic carbocycles. The molecule has 0 bridgehead atoms. The third-order valence-corrected chi connectivity index (χ3v) is 3.82. The van der Waals surface area contributed by atoms with Crippen LogP contribution in [0, 0.1) is 5.92 Å². The quantitative estimate of drug-likeness (QED) is 0.608. The normalized spacial score (nSPS) is 13.0. The molecule has 0 N–H and O–H groups in total. The lowest BCUT2D eigenvalue weighted by Crippen LogP contribution is -1.90. The van der Waals surface area contributed by atoms with Crippen molar-refractivity contribution in [2.75, 3.05) is 7.11 Å². The number of nitrogens with zero attached hydrogens (tertiary/aromatic N) is 2. The molecule has 0 saturated heterocycles. The third-order valence-electron chi connectivity index (χ3n) is 3.82. The largest absolute Gasteiger partial charge is 0.496 e. The van der Waals surface area contributed by atoms with Crippen molar-refractivity contribution in [3.05, 3.63) is 60.0 Å². The molecule has 132 valence electrons. The smallest absolute Gasteiger partial charge is 0.257 e. The van der Waals surface area contributed by atoms with Crippen LogP contribution in [-0.4, -0.2) is 17.3 Å². The second-order valence-corrected chi connectivity index (χ2v) is 6.16. The standard InChI is InChI=1S/C21H26N2O2/c1-6-16(14-15(3)4)12-13-17(7-2)21-22-20(23-25-21)18-10-8-9-11-19(18)24-5/h6-13,15H,14H2,1-5H3/b13-12-,16-6+,17-7+. The van der Waals surface area contributed by atoms with Gasteiger partial charge in [-0.1, -0.05) is 54.9 Å². The van der Waals surface area contributed by atoms with Crippen molar-refractivity contribution in [3.63, 3.8) is 0 Å². The van der Waals surface area contributed by atoms with Gasteiger partial charge in [0, 0.05) is 5.57 Å². The van der Waals surface area contributed by atoms with E-state index in [0.717, 1.165) is 23.3 Å². The first kappa shape index (κ1) is 18.7. The Bertz CT molecular complexity index is 783. The Morgan fingerprint density at radius 2 is 1.92 bits per heavy atom. The average molecular weight is 338 g/mol. The first-order valence-electron chi connectivity index (χ1n) is 8.56. The summed E-state index contributed by atoms with van der Waals surface area (Å²) in [5.41, 5.74) is 3.00. The highest BCUT2D eigenvalue weighted by atomic mass is 16.5. The molecular weight excluding hydrogens is 312 g/mol. The Morgan fingerprint density at radius 1 is 1.16 bits per heavy atom. The summed E-state index contributed by atoms with van der Waals surface area (Å²) in [7, 11) is 1.63. The number of para-hydroxylation sites is 1. The molecule has 0 saturated carbocycles. The molecule has 4 heteroatoms. The monoisotopic (exact) mass is 338 g/mol. The summed E-state index contributed by atoms with van der Waals surface area (Å²) >= 11 is 0. The highest BCUT2D eigenvalue weighted by Crippen LogP contribution is 2.28. The number of ether oxygens (including phenoxy) is 1. The number of rotatable bonds is 7. The lowest BCUT2D eigenvalue weighted by Gasteiger charge is -2.05. The minimum absolute atomic E-state index is 0.500. The van der Waals surface area contributed by atoms with Gasteiger partial charge in [-0.25, -0.2) is 0 Å². The Labute approximate surface area is 149 Å². The zero-order valence-corrected chi connectivity index (χ0v) is 15.6. The molecule has 2 rings (SSSR count). The van der Waals surface area contributed by atoms with E-state index in [9.17, 15) is 0 Å². The summed E-state index contributed by atoms with van der Waals surface area (Å²) in [6, 6.07) is 7.64. The van der Waals surface area contributed by atoms with Crippen LogP contribution in [0.4, 0.5) is 0 Å². The number of benzene rings is 1. The fraction of sp³-hybridized carbons (Fsp3) is 0.333. The van der Waals surface area contributed by atoms with Crippen LogP contribution < -0.4 is 4.74 Å². The molecule has 1 aromatic heterocycles. The van der Waals surface area contributed by atoms with Gasteiger partial charge in [0.25, 0.3) is 5.89 Å².